The molecule has 0 aromatic carbocycles. The molecule has 0 radical (unpaired) electrons. The molecule has 0 bridgehead atoms. The first-order chi connectivity index (χ1) is 8.41. The highest BCUT2D eigenvalue weighted by Crippen LogP contribution is 2.16. The van der Waals surface area contributed by atoms with Crippen LogP contribution in [-0.4, -0.2) is 13.1 Å². The van der Waals surface area contributed by atoms with E-state index in [0.29, 0.717) is 17.5 Å². The number of nitrogens with one attached hydrogen (secondary N) is 1. The van der Waals surface area contributed by atoms with Crippen molar-refractivity contribution in [2.45, 2.75) is 54.9 Å². The average Bonchev–Trinajstić information content (AvgIpc) is 2.33. The molecule has 0 fully saturated rings. The van der Waals surface area contributed by atoms with Gasteiger partial charge in [0.05, 0.1) is 5.70 Å². The SMILES string of the molecule is C=N/C=C(\C=C/C)NC=O.CC.CCC(C)(C)C. The molecule has 0 aromatic rings. The Bertz CT molecular complexity index is 248. The highest BCUT2D eigenvalue weighted by atomic mass is 16.1. The fraction of sp³-hybridized carbons (Fsp3) is 0.600. The minimum Gasteiger partial charge on any atom is -0.327 e. The van der Waals surface area contributed by atoms with E-state index in [1.54, 1.807) is 12.2 Å². The summed E-state index contributed by atoms with van der Waals surface area (Å²) in [6.45, 7) is 18.0. The number of hydrogen-bond acceptors (Lipinski definition) is 2. The van der Waals surface area contributed by atoms with Crippen LogP contribution in [-0.2, 0) is 4.79 Å². The van der Waals surface area contributed by atoms with Crippen molar-refractivity contribution in [2.75, 3.05) is 0 Å². The van der Waals surface area contributed by atoms with Crippen LogP contribution in [0, 0.1) is 5.41 Å². The molecule has 0 saturated carbocycles. The summed E-state index contributed by atoms with van der Waals surface area (Å²) in [5, 5.41) is 2.44. The van der Waals surface area contributed by atoms with Crippen molar-refractivity contribution < 1.29 is 4.79 Å². The fourth-order valence-corrected chi connectivity index (χ4v) is 0.474. The number of amides is 1. The van der Waals surface area contributed by atoms with Crippen LogP contribution in [0.15, 0.2) is 29.0 Å². The van der Waals surface area contributed by atoms with Crippen molar-refractivity contribution in [3.05, 3.63) is 24.0 Å². The number of rotatable bonds is 4. The Morgan fingerprint density at radius 2 is 1.78 bits per heavy atom. The molecule has 1 amide bonds. The molecular weight excluding hydrogens is 224 g/mol. The van der Waals surface area contributed by atoms with Gasteiger partial charge in [-0.2, -0.15) is 0 Å². The summed E-state index contributed by atoms with van der Waals surface area (Å²) in [4.78, 5) is 13.4. The second-order valence-electron chi connectivity index (χ2n) is 4.44. The molecule has 0 unspecified atom stereocenters. The van der Waals surface area contributed by atoms with E-state index in [-0.39, 0.29) is 0 Å². The summed E-state index contributed by atoms with van der Waals surface area (Å²) in [7, 11) is 0. The van der Waals surface area contributed by atoms with Crippen LogP contribution in [0.5, 0.6) is 0 Å². The van der Waals surface area contributed by atoms with Crippen molar-refractivity contribution in [2.24, 2.45) is 10.4 Å². The minimum absolute atomic E-state index is 0.542. The van der Waals surface area contributed by atoms with E-state index >= 15 is 0 Å². The smallest absolute Gasteiger partial charge is 0.211 e. The summed E-state index contributed by atoms with van der Waals surface area (Å²) in [5.41, 5.74) is 1.17. The molecule has 1 N–H and O–H groups in total. The molecule has 0 aliphatic heterocycles. The number of allylic oxidation sites excluding steroid dienone is 2. The third kappa shape index (κ3) is 24.0. The van der Waals surface area contributed by atoms with E-state index in [9.17, 15) is 4.79 Å². The Balaban J connectivity index is -0.000000241. The Labute approximate surface area is 113 Å². The van der Waals surface area contributed by atoms with Gasteiger partial charge in [0, 0.05) is 6.20 Å². The average molecular weight is 254 g/mol. The van der Waals surface area contributed by atoms with Crippen molar-refractivity contribution in [3.8, 4) is 0 Å². The molecule has 18 heavy (non-hydrogen) atoms. The van der Waals surface area contributed by atoms with Crippen LogP contribution < -0.4 is 5.32 Å². The molecule has 0 rings (SSSR count). The second-order valence-corrected chi connectivity index (χ2v) is 4.44. The van der Waals surface area contributed by atoms with Crippen molar-refractivity contribution in [3.63, 3.8) is 0 Å². The zero-order valence-electron chi connectivity index (χ0n) is 13.1. The summed E-state index contributed by atoms with van der Waals surface area (Å²) < 4.78 is 0. The Morgan fingerprint density at radius 3 is 2.00 bits per heavy atom. The monoisotopic (exact) mass is 254 g/mol. The van der Waals surface area contributed by atoms with E-state index < -0.39 is 0 Å². The molecule has 0 aliphatic rings. The maximum atomic E-state index is 9.92. The quantitative estimate of drug-likeness (QED) is 0.453. The fourth-order valence-electron chi connectivity index (χ4n) is 0.474. The summed E-state index contributed by atoms with van der Waals surface area (Å²) in [5.74, 6) is 0. The lowest BCUT2D eigenvalue weighted by atomic mass is 9.94. The molecule has 0 heterocycles. The molecule has 3 nitrogen and oxygen atoms in total. The highest BCUT2D eigenvalue weighted by Gasteiger charge is 2.03. The lowest BCUT2D eigenvalue weighted by molar-refractivity contribution is -0.108. The van der Waals surface area contributed by atoms with Crippen LogP contribution >= 0.6 is 0 Å². The Kier molecular flexibility index (Phi) is 19.0. The lowest BCUT2D eigenvalue weighted by Crippen LogP contribution is -2.07. The van der Waals surface area contributed by atoms with Gasteiger partial charge in [-0.25, -0.2) is 0 Å². The first-order valence-electron chi connectivity index (χ1n) is 6.40. The van der Waals surface area contributed by atoms with E-state index in [1.165, 1.54) is 12.6 Å². The number of carbonyl (C=O) groups excluding carboxylic acids is 1. The van der Waals surface area contributed by atoms with Gasteiger partial charge in [-0.05, 0) is 25.1 Å². The first-order valence-corrected chi connectivity index (χ1v) is 6.40. The number of nitrogens with zero attached hydrogens (tertiary/aromatic N) is 1. The van der Waals surface area contributed by atoms with Crippen molar-refractivity contribution >= 4 is 13.1 Å². The predicted octanol–water partition coefficient (Wildman–Crippen LogP) is 4.32. The van der Waals surface area contributed by atoms with Crippen LogP contribution in [0.4, 0.5) is 0 Å². The molecule has 106 valence electrons. The molecule has 3 heteroatoms. The van der Waals surface area contributed by atoms with E-state index in [0.717, 1.165) is 0 Å². The topological polar surface area (TPSA) is 41.5 Å². The van der Waals surface area contributed by atoms with Gasteiger partial charge in [-0.1, -0.05) is 54.0 Å². The van der Waals surface area contributed by atoms with Crippen LogP contribution in [0.1, 0.15) is 54.9 Å². The predicted molar refractivity (Wildman–Crippen MR) is 82.7 cm³/mol. The Hall–Kier alpha value is -1.38. The van der Waals surface area contributed by atoms with Crippen molar-refractivity contribution in [1.82, 2.24) is 5.32 Å². The van der Waals surface area contributed by atoms with Gasteiger partial charge < -0.3 is 5.32 Å². The first kappa shape index (κ1) is 21.9. The van der Waals surface area contributed by atoms with Crippen LogP contribution in [0.25, 0.3) is 0 Å². The number of carbonyl (C=O) groups is 1. The molecule has 0 aromatic heterocycles. The third-order valence-electron chi connectivity index (χ3n) is 1.86. The van der Waals surface area contributed by atoms with Gasteiger partial charge >= 0.3 is 0 Å². The third-order valence-corrected chi connectivity index (χ3v) is 1.86. The van der Waals surface area contributed by atoms with Crippen molar-refractivity contribution in [1.29, 1.82) is 0 Å². The highest BCUT2D eigenvalue weighted by molar-refractivity contribution is 5.51. The van der Waals surface area contributed by atoms with Crippen LogP contribution in [0.3, 0.4) is 0 Å². The minimum atomic E-state index is 0.542. The summed E-state index contributed by atoms with van der Waals surface area (Å²) >= 11 is 0. The summed E-state index contributed by atoms with van der Waals surface area (Å²) in [6.07, 6.45) is 6.86. The van der Waals surface area contributed by atoms with E-state index in [4.69, 9.17) is 0 Å². The van der Waals surface area contributed by atoms with Gasteiger partial charge in [0.2, 0.25) is 6.41 Å². The molecule has 0 aliphatic carbocycles. The van der Waals surface area contributed by atoms with Gasteiger partial charge in [0.1, 0.15) is 0 Å². The van der Waals surface area contributed by atoms with Gasteiger partial charge in [-0.15, -0.1) is 0 Å². The van der Waals surface area contributed by atoms with Gasteiger partial charge in [0.15, 0.2) is 0 Å². The second kappa shape index (κ2) is 15.6. The number of hydrogen-bond donors (Lipinski definition) is 1. The van der Waals surface area contributed by atoms with Crippen LogP contribution in [0.2, 0.25) is 0 Å². The molecular formula is C15H30N2O. The largest absolute Gasteiger partial charge is 0.327 e. The van der Waals surface area contributed by atoms with E-state index in [2.05, 4.69) is 44.7 Å². The Morgan fingerprint density at radius 1 is 1.33 bits per heavy atom. The normalized spacial score (nSPS) is 10.7. The zero-order valence-corrected chi connectivity index (χ0v) is 13.1. The zero-order chi connectivity index (χ0) is 15.0. The summed E-state index contributed by atoms with van der Waals surface area (Å²) in [6, 6.07) is 0. The standard InChI is InChI=1S/C7H10N2O.C6H14.C2H6/c1-3-4-7(5-8-2)9-6-10;1-5-6(2,3)4;1-2/h3-6H,2H2,1H3,(H,9,10);5H2,1-4H3;1-2H3/b4-3-,7-5+;;. The maximum Gasteiger partial charge on any atom is 0.211 e. The molecule has 0 saturated heterocycles. The number of aliphatic imine (C=N–C) groups is 1. The van der Waals surface area contributed by atoms with Gasteiger partial charge in [-0.3, -0.25) is 9.79 Å². The maximum absolute atomic E-state index is 9.92. The van der Waals surface area contributed by atoms with E-state index in [1.807, 2.05) is 20.8 Å². The molecule has 0 atom stereocenters. The van der Waals surface area contributed by atoms with Gasteiger partial charge in [0.25, 0.3) is 0 Å². The lowest BCUT2D eigenvalue weighted by Gasteiger charge is -2.12. The molecule has 0 spiro atoms.